The molecule has 0 amide bonds. The lowest BCUT2D eigenvalue weighted by molar-refractivity contribution is 0.0524. The first-order valence-electron chi connectivity index (χ1n) is 5.22. The molecule has 18 heavy (non-hydrogen) atoms. The number of ether oxygens (including phenoxy) is 1. The van der Waals surface area contributed by atoms with E-state index in [1.54, 1.807) is 6.92 Å². The Morgan fingerprint density at radius 1 is 1.50 bits per heavy atom. The number of aromatic nitrogens is 1. The monoisotopic (exact) mass is 269 g/mol. The van der Waals surface area contributed by atoms with Crippen molar-refractivity contribution in [2.24, 2.45) is 0 Å². The van der Waals surface area contributed by atoms with Gasteiger partial charge in [0.25, 0.3) is 0 Å². The van der Waals surface area contributed by atoms with Crippen molar-refractivity contribution in [3.8, 4) is 0 Å². The number of benzene rings is 1. The van der Waals surface area contributed by atoms with Crippen molar-refractivity contribution in [3.05, 3.63) is 45.0 Å². The summed E-state index contributed by atoms with van der Waals surface area (Å²) in [6.45, 7) is 1.81. The summed E-state index contributed by atoms with van der Waals surface area (Å²) in [6, 6.07) is 2.35. The number of H-pyrrole nitrogens is 1. The van der Waals surface area contributed by atoms with E-state index in [2.05, 4.69) is 4.98 Å². The van der Waals surface area contributed by atoms with Crippen LogP contribution in [0, 0.1) is 5.82 Å². The van der Waals surface area contributed by atoms with Gasteiger partial charge in [-0.15, -0.1) is 0 Å². The van der Waals surface area contributed by atoms with Crippen LogP contribution < -0.4 is 5.43 Å². The van der Waals surface area contributed by atoms with Crippen molar-refractivity contribution in [2.75, 3.05) is 6.61 Å². The molecule has 0 saturated carbocycles. The molecule has 2 aromatic rings. The number of fused-ring (bicyclic) bond motifs is 1. The Kier molecular flexibility index (Phi) is 3.34. The molecule has 0 bridgehead atoms. The molecular formula is C12H9ClFNO3. The van der Waals surface area contributed by atoms with E-state index in [4.69, 9.17) is 16.3 Å². The fourth-order valence-corrected chi connectivity index (χ4v) is 1.82. The Balaban J connectivity index is 2.70. The molecule has 0 spiro atoms. The van der Waals surface area contributed by atoms with Crippen LogP contribution in [0.15, 0.2) is 23.1 Å². The highest BCUT2D eigenvalue weighted by Gasteiger charge is 2.16. The van der Waals surface area contributed by atoms with E-state index in [1.165, 1.54) is 12.3 Å². The van der Waals surface area contributed by atoms with Gasteiger partial charge in [-0.1, -0.05) is 11.6 Å². The second-order valence-corrected chi connectivity index (χ2v) is 3.91. The van der Waals surface area contributed by atoms with Crippen LogP contribution in [0.3, 0.4) is 0 Å². The quantitative estimate of drug-likeness (QED) is 0.852. The van der Waals surface area contributed by atoms with E-state index in [-0.39, 0.29) is 28.1 Å². The van der Waals surface area contributed by atoms with Crippen molar-refractivity contribution in [1.29, 1.82) is 0 Å². The van der Waals surface area contributed by atoms with Gasteiger partial charge in [-0.25, -0.2) is 9.18 Å². The molecule has 94 valence electrons. The molecule has 0 fully saturated rings. The molecule has 2 rings (SSSR count). The van der Waals surface area contributed by atoms with Crippen molar-refractivity contribution in [1.82, 2.24) is 4.98 Å². The molecule has 0 aliphatic rings. The zero-order valence-electron chi connectivity index (χ0n) is 9.42. The van der Waals surface area contributed by atoms with Gasteiger partial charge in [0.1, 0.15) is 16.4 Å². The van der Waals surface area contributed by atoms with Crippen molar-refractivity contribution in [3.63, 3.8) is 0 Å². The highest BCUT2D eigenvalue weighted by molar-refractivity contribution is 6.35. The first kappa shape index (κ1) is 12.6. The van der Waals surface area contributed by atoms with Gasteiger partial charge in [-0.2, -0.15) is 0 Å². The van der Waals surface area contributed by atoms with Gasteiger partial charge in [0.2, 0.25) is 5.43 Å². The highest BCUT2D eigenvalue weighted by atomic mass is 35.5. The SMILES string of the molecule is CCOC(=O)c1c[nH]c2c(Cl)c(F)ccc2c1=O. The van der Waals surface area contributed by atoms with E-state index in [1.807, 2.05) is 0 Å². The number of rotatable bonds is 2. The van der Waals surface area contributed by atoms with Crippen LogP contribution in [0.2, 0.25) is 5.02 Å². The minimum absolute atomic E-state index is 0.132. The van der Waals surface area contributed by atoms with Gasteiger partial charge in [-0.3, -0.25) is 4.79 Å². The number of nitrogens with one attached hydrogen (secondary N) is 1. The fourth-order valence-electron chi connectivity index (χ4n) is 1.60. The van der Waals surface area contributed by atoms with E-state index in [0.29, 0.717) is 0 Å². The summed E-state index contributed by atoms with van der Waals surface area (Å²) in [5.74, 6) is -1.36. The maximum Gasteiger partial charge on any atom is 0.343 e. The molecule has 0 aliphatic carbocycles. The Hall–Kier alpha value is -1.88. The number of carbonyl (C=O) groups excluding carboxylic acids is 1. The summed E-state index contributed by atoms with van der Waals surface area (Å²) < 4.78 is 18.0. The third-order valence-corrected chi connectivity index (χ3v) is 2.81. The zero-order valence-corrected chi connectivity index (χ0v) is 10.2. The Morgan fingerprint density at radius 2 is 2.22 bits per heavy atom. The van der Waals surface area contributed by atoms with Crippen LogP contribution in [0.1, 0.15) is 17.3 Å². The molecule has 0 radical (unpaired) electrons. The number of hydrogen-bond acceptors (Lipinski definition) is 3. The molecule has 1 heterocycles. The predicted octanol–water partition coefficient (Wildman–Crippen LogP) is 2.50. The van der Waals surface area contributed by atoms with Gasteiger partial charge >= 0.3 is 5.97 Å². The second-order valence-electron chi connectivity index (χ2n) is 3.54. The molecule has 1 aromatic heterocycles. The Labute approximate surface area is 106 Å². The van der Waals surface area contributed by atoms with Crippen molar-refractivity contribution in [2.45, 2.75) is 6.92 Å². The minimum Gasteiger partial charge on any atom is -0.462 e. The van der Waals surface area contributed by atoms with Crippen LogP contribution in [0.5, 0.6) is 0 Å². The molecule has 0 unspecified atom stereocenters. The lowest BCUT2D eigenvalue weighted by atomic mass is 10.1. The summed E-state index contributed by atoms with van der Waals surface area (Å²) in [5, 5.41) is -0.0352. The zero-order chi connectivity index (χ0) is 13.3. The van der Waals surface area contributed by atoms with Crippen LogP contribution >= 0.6 is 11.6 Å². The summed E-state index contributed by atoms with van der Waals surface area (Å²) in [6.07, 6.45) is 1.17. The van der Waals surface area contributed by atoms with Gasteiger partial charge < -0.3 is 9.72 Å². The van der Waals surface area contributed by atoms with E-state index in [0.717, 1.165) is 6.07 Å². The van der Waals surface area contributed by atoms with E-state index >= 15 is 0 Å². The van der Waals surface area contributed by atoms with Crippen molar-refractivity contribution < 1.29 is 13.9 Å². The third-order valence-electron chi connectivity index (χ3n) is 2.44. The van der Waals surface area contributed by atoms with Gasteiger partial charge in [0.05, 0.1) is 12.1 Å². The lowest BCUT2D eigenvalue weighted by Crippen LogP contribution is -2.18. The summed E-state index contributed by atoms with van der Waals surface area (Å²) >= 11 is 5.73. The van der Waals surface area contributed by atoms with Crippen LogP contribution in [0.25, 0.3) is 10.9 Å². The number of carbonyl (C=O) groups is 1. The Bertz CT molecular complexity index is 681. The average Bonchev–Trinajstić information content (AvgIpc) is 2.34. The van der Waals surface area contributed by atoms with E-state index in [9.17, 15) is 14.0 Å². The summed E-state index contributed by atoms with van der Waals surface area (Å²) in [4.78, 5) is 26.2. The topological polar surface area (TPSA) is 59.2 Å². The highest BCUT2D eigenvalue weighted by Crippen LogP contribution is 2.22. The standard InChI is InChI=1S/C12H9ClFNO3/c1-2-18-12(17)7-5-15-10-6(11(7)16)3-4-8(14)9(10)13/h3-5H,2H2,1H3,(H,15,16). The lowest BCUT2D eigenvalue weighted by Gasteiger charge is -2.04. The molecule has 0 atom stereocenters. The molecule has 1 aromatic carbocycles. The van der Waals surface area contributed by atoms with E-state index < -0.39 is 17.2 Å². The van der Waals surface area contributed by atoms with Crippen LogP contribution in [0.4, 0.5) is 4.39 Å². The Morgan fingerprint density at radius 3 is 2.89 bits per heavy atom. The average molecular weight is 270 g/mol. The maximum atomic E-state index is 13.2. The fraction of sp³-hybridized carbons (Fsp3) is 0.167. The van der Waals surface area contributed by atoms with Gasteiger partial charge in [0, 0.05) is 11.6 Å². The summed E-state index contributed by atoms with van der Waals surface area (Å²) in [7, 11) is 0. The second kappa shape index (κ2) is 4.78. The van der Waals surface area contributed by atoms with Crippen molar-refractivity contribution >= 4 is 28.5 Å². The molecule has 0 saturated heterocycles. The van der Waals surface area contributed by atoms with Gasteiger partial charge in [-0.05, 0) is 19.1 Å². The summed E-state index contributed by atoms with van der Waals surface area (Å²) in [5.41, 5.74) is -0.508. The molecule has 1 N–H and O–H groups in total. The molecule has 0 aliphatic heterocycles. The first-order chi connectivity index (χ1) is 8.56. The number of hydrogen-bond donors (Lipinski definition) is 1. The molecule has 6 heteroatoms. The van der Waals surface area contributed by atoms with Crippen LogP contribution in [-0.2, 0) is 4.74 Å². The number of esters is 1. The number of aromatic amines is 1. The number of halogens is 2. The van der Waals surface area contributed by atoms with Gasteiger partial charge in [0.15, 0.2) is 0 Å². The first-order valence-corrected chi connectivity index (χ1v) is 5.60. The molecule has 4 nitrogen and oxygen atoms in total. The molecular weight excluding hydrogens is 261 g/mol. The number of pyridine rings is 1. The normalized spacial score (nSPS) is 10.6. The third kappa shape index (κ3) is 1.97. The smallest absolute Gasteiger partial charge is 0.343 e. The predicted molar refractivity (Wildman–Crippen MR) is 65.5 cm³/mol. The largest absolute Gasteiger partial charge is 0.462 e. The minimum atomic E-state index is -0.721. The van der Waals surface area contributed by atoms with Crippen LogP contribution in [-0.4, -0.2) is 17.6 Å². The maximum absolute atomic E-state index is 13.2.